The van der Waals surface area contributed by atoms with E-state index in [4.69, 9.17) is 0 Å². The molecule has 0 saturated carbocycles. The summed E-state index contributed by atoms with van der Waals surface area (Å²) in [4.78, 5) is 22.2. The molecule has 114 valence electrons. The summed E-state index contributed by atoms with van der Waals surface area (Å²) in [7, 11) is 0. The number of halogens is 1. The predicted octanol–water partition coefficient (Wildman–Crippen LogP) is 3.90. The second-order valence-corrected chi connectivity index (χ2v) is 5.89. The Labute approximate surface area is 135 Å². The number of urea groups is 1. The lowest BCUT2D eigenvalue weighted by atomic mass is 10.1. The van der Waals surface area contributed by atoms with E-state index in [-0.39, 0.29) is 18.4 Å². The maximum absolute atomic E-state index is 14.0. The summed E-state index contributed by atoms with van der Waals surface area (Å²) in [5.41, 5.74) is 1.85. The van der Waals surface area contributed by atoms with Crippen molar-refractivity contribution in [3.8, 4) is 10.6 Å². The van der Waals surface area contributed by atoms with E-state index in [2.05, 4.69) is 15.3 Å². The minimum absolute atomic E-state index is 0.157. The lowest BCUT2D eigenvalue weighted by Crippen LogP contribution is -2.39. The number of hydrogen-bond acceptors (Lipinski definition) is 4. The minimum Gasteiger partial charge on any atom is -0.307 e. The van der Waals surface area contributed by atoms with Crippen molar-refractivity contribution in [1.82, 2.24) is 9.97 Å². The van der Waals surface area contributed by atoms with Gasteiger partial charge in [-0.3, -0.25) is 9.88 Å². The highest BCUT2D eigenvalue weighted by atomic mass is 32.1. The third-order valence-corrected chi connectivity index (χ3v) is 4.48. The molecule has 3 heterocycles. The van der Waals surface area contributed by atoms with E-state index >= 15 is 0 Å². The zero-order valence-corrected chi connectivity index (χ0v) is 12.7. The third-order valence-electron chi connectivity index (χ3n) is 3.60. The van der Waals surface area contributed by atoms with Crippen LogP contribution in [0.15, 0.2) is 48.1 Å². The predicted molar refractivity (Wildman–Crippen MR) is 86.9 cm³/mol. The highest BCUT2D eigenvalue weighted by Gasteiger charge is 2.27. The van der Waals surface area contributed by atoms with Crippen LogP contribution in [0.4, 0.5) is 20.7 Å². The summed E-state index contributed by atoms with van der Waals surface area (Å²) in [5, 5.41) is 5.25. The van der Waals surface area contributed by atoms with Crippen molar-refractivity contribution < 1.29 is 9.18 Å². The van der Waals surface area contributed by atoms with Gasteiger partial charge in [0.1, 0.15) is 16.6 Å². The van der Waals surface area contributed by atoms with Crippen molar-refractivity contribution in [3.63, 3.8) is 0 Å². The van der Waals surface area contributed by atoms with Crippen LogP contribution in [0, 0.1) is 5.82 Å². The Bertz CT molecular complexity index is 881. The molecule has 7 heteroatoms. The van der Waals surface area contributed by atoms with Gasteiger partial charge in [-0.05, 0) is 24.3 Å². The van der Waals surface area contributed by atoms with Crippen LogP contribution < -0.4 is 10.2 Å². The number of aromatic nitrogens is 2. The molecule has 1 aliphatic rings. The van der Waals surface area contributed by atoms with Crippen LogP contribution in [-0.2, 0) is 6.54 Å². The number of carbonyl (C=O) groups is 1. The van der Waals surface area contributed by atoms with Crippen LogP contribution in [0.25, 0.3) is 10.6 Å². The average molecular weight is 326 g/mol. The molecule has 0 radical (unpaired) electrons. The molecule has 1 aliphatic heterocycles. The van der Waals surface area contributed by atoms with Crippen molar-refractivity contribution in [3.05, 3.63) is 59.5 Å². The van der Waals surface area contributed by atoms with Crippen LogP contribution in [0.3, 0.4) is 0 Å². The standard InChI is InChI=1S/C16H11FN4OS/c17-12-4-1-5-13-11(12)8-21(16(22)19-13)14-9-23-15(20-14)10-3-2-6-18-7-10/h1-7,9H,8H2,(H,19,22). The molecule has 2 aromatic heterocycles. The van der Waals surface area contributed by atoms with Gasteiger partial charge in [-0.15, -0.1) is 11.3 Å². The molecule has 3 aromatic rings. The third kappa shape index (κ3) is 2.44. The van der Waals surface area contributed by atoms with Gasteiger partial charge in [0, 0.05) is 28.9 Å². The van der Waals surface area contributed by atoms with E-state index in [1.54, 1.807) is 29.9 Å². The van der Waals surface area contributed by atoms with Gasteiger partial charge in [0.25, 0.3) is 0 Å². The number of rotatable bonds is 2. The zero-order chi connectivity index (χ0) is 15.8. The highest BCUT2D eigenvalue weighted by Crippen LogP contribution is 2.32. The second-order valence-electron chi connectivity index (χ2n) is 5.03. The van der Waals surface area contributed by atoms with E-state index in [1.165, 1.54) is 22.3 Å². The summed E-state index contributed by atoms with van der Waals surface area (Å²) in [6.45, 7) is 0.157. The highest BCUT2D eigenvalue weighted by molar-refractivity contribution is 7.13. The topological polar surface area (TPSA) is 58.1 Å². The van der Waals surface area contributed by atoms with E-state index in [0.29, 0.717) is 17.1 Å². The number of thiazole rings is 1. The van der Waals surface area contributed by atoms with Crippen molar-refractivity contribution >= 4 is 28.9 Å². The molecule has 2 amide bonds. The number of anilines is 2. The quantitative estimate of drug-likeness (QED) is 0.777. The SMILES string of the molecule is O=C1Nc2cccc(F)c2CN1c1csc(-c2cccnc2)n1. The largest absolute Gasteiger partial charge is 0.327 e. The fraction of sp³-hybridized carbons (Fsp3) is 0.0625. The van der Waals surface area contributed by atoms with Crippen molar-refractivity contribution in [2.24, 2.45) is 0 Å². The van der Waals surface area contributed by atoms with Gasteiger partial charge in [0.2, 0.25) is 0 Å². The van der Waals surface area contributed by atoms with Gasteiger partial charge in [-0.25, -0.2) is 14.2 Å². The number of nitrogens with one attached hydrogen (secondary N) is 1. The lowest BCUT2D eigenvalue weighted by molar-refractivity contribution is 0.255. The van der Waals surface area contributed by atoms with Gasteiger partial charge in [0.15, 0.2) is 0 Å². The number of pyridine rings is 1. The lowest BCUT2D eigenvalue weighted by Gasteiger charge is -2.27. The first-order valence-corrected chi connectivity index (χ1v) is 7.82. The maximum Gasteiger partial charge on any atom is 0.327 e. The number of fused-ring (bicyclic) bond motifs is 1. The van der Waals surface area contributed by atoms with Gasteiger partial charge in [0.05, 0.1) is 12.2 Å². The monoisotopic (exact) mass is 326 g/mol. The normalized spacial score (nSPS) is 13.6. The Kier molecular flexibility index (Phi) is 3.27. The van der Waals surface area contributed by atoms with Gasteiger partial charge >= 0.3 is 6.03 Å². The van der Waals surface area contributed by atoms with Crippen molar-refractivity contribution in [1.29, 1.82) is 0 Å². The molecule has 0 aliphatic carbocycles. The molecule has 1 N–H and O–H groups in total. The molecule has 0 atom stereocenters. The second kappa shape index (κ2) is 5.44. The zero-order valence-electron chi connectivity index (χ0n) is 11.9. The molecule has 4 rings (SSSR count). The van der Waals surface area contributed by atoms with Crippen LogP contribution in [0.5, 0.6) is 0 Å². The fourth-order valence-corrected chi connectivity index (χ4v) is 3.25. The van der Waals surface area contributed by atoms with E-state index in [9.17, 15) is 9.18 Å². The van der Waals surface area contributed by atoms with Crippen LogP contribution in [-0.4, -0.2) is 16.0 Å². The number of benzene rings is 1. The van der Waals surface area contributed by atoms with Gasteiger partial charge in [-0.2, -0.15) is 0 Å². The van der Waals surface area contributed by atoms with Gasteiger partial charge < -0.3 is 5.32 Å². The number of carbonyl (C=O) groups excluding carboxylic acids is 1. The molecule has 23 heavy (non-hydrogen) atoms. The Balaban J connectivity index is 1.68. The molecule has 0 unspecified atom stereocenters. The number of amides is 2. The molecule has 1 aromatic carbocycles. The van der Waals surface area contributed by atoms with E-state index < -0.39 is 0 Å². The fourth-order valence-electron chi connectivity index (χ4n) is 2.45. The molecule has 0 fully saturated rings. The average Bonchev–Trinajstić information content (AvgIpc) is 3.05. The van der Waals surface area contributed by atoms with E-state index in [1.807, 2.05) is 12.1 Å². The summed E-state index contributed by atoms with van der Waals surface area (Å²) in [6, 6.07) is 8.07. The Morgan fingerprint density at radius 3 is 3.00 bits per heavy atom. The first-order valence-electron chi connectivity index (χ1n) is 6.94. The molecule has 0 bridgehead atoms. The summed E-state index contributed by atoms with van der Waals surface area (Å²) in [5.74, 6) is 0.162. The van der Waals surface area contributed by atoms with Crippen molar-refractivity contribution in [2.45, 2.75) is 6.54 Å². The summed E-state index contributed by atoms with van der Waals surface area (Å²) < 4.78 is 14.0. The Hall–Kier alpha value is -2.80. The molecule has 5 nitrogen and oxygen atoms in total. The van der Waals surface area contributed by atoms with Crippen LogP contribution >= 0.6 is 11.3 Å². The minimum atomic E-state index is -0.338. The molecule has 0 saturated heterocycles. The van der Waals surface area contributed by atoms with E-state index in [0.717, 1.165) is 10.6 Å². The molecule has 0 spiro atoms. The Morgan fingerprint density at radius 1 is 1.26 bits per heavy atom. The van der Waals surface area contributed by atoms with Gasteiger partial charge in [-0.1, -0.05) is 6.07 Å². The number of hydrogen-bond donors (Lipinski definition) is 1. The smallest absolute Gasteiger partial charge is 0.307 e. The molecular formula is C16H11FN4OS. The summed E-state index contributed by atoms with van der Waals surface area (Å²) in [6.07, 6.45) is 3.41. The van der Waals surface area contributed by atoms with Crippen molar-refractivity contribution in [2.75, 3.05) is 10.2 Å². The Morgan fingerprint density at radius 2 is 2.17 bits per heavy atom. The first-order chi connectivity index (χ1) is 11.2. The van der Waals surface area contributed by atoms with Crippen LogP contribution in [0.1, 0.15) is 5.56 Å². The maximum atomic E-state index is 14.0. The summed E-state index contributed by atoms with van der Waals surface area (Å²) >= 11 is 1.42. The number of nitrogens with zero attached hydrogens (tertiary/aromatic N) is 3. The molecular weight excluding hydrogens is 315 g/mol. The van der Waals surface area contributed by atoms with Crippen LogP contribution in [0.2, 0.25) is 0 Å². The first kappa shape index (κ1) is 13.8.